The lowest BCUT2D eigenvalue weighted by Crippen LogP contribution is -2.45. The fourth-order valence-corrected chi connectivity index (χ4v) is 11.8. The van der Waals surface area contributed by atoms with E-state index in [1.165, 1.54) is 66.8 Å². The van der Waals surface area contributed by atoms with E-state index >= 15 is 0 Å². The summed E-state index contributed by atoms with van der Waals surface area (Å²) in [4.78, 5) is 5.02. The molecule has 0 spiro atoms. The zero-order valence-electron chi connectivity index (χ0n) is 41.3. The first-order valence-corrected chi connectivity index (χ1v) is 25.6. The number of anilines is 8. The van der Waals surface area contributed by atoms with Crippen LogP contribution in [0.4, 0.5) is 45.5 Å². The van der Waals surface area contributed by atoms with E-state index < -0.39 is 0 Å². The molecule has 74 heavy (non-hydrogen) atoms. The molecule has 3 heterocycles. The smallest absolute Gasteiger partial charge is 0.198 e. The van der Waals surface area contributed by atoms with Crippen molar-refractivity contribution in [2.75, 3.05) is 15.1 Å². The number of fused-ring (bicyclic) bond motifs is 7. The normalized spacial score (nSPS) is 12.9. The van der Waals surface area contributed by atoms with Gasteiger partial charge in [-0.05, 0) is 128 Å². The molecule has 0 bridgehead atoms. The highest BCUT2D eigenvalue weighted by Crippen LogP contribution is 2.54. The van der Waals surface area contributed by atoms with Gasteiger partial charge in [-0.1, -0.05) is 201 Å². The Morgan fingerprint density at radius 2 is 0.986 bits per heavy atom. The van der Waals surface area contributed by atoms with Crippen molar-refractivity contribution in [2.24, 2.45) is 0 Å². The fourth-order valence-electron chi connectivity index (χ4n) is 11.8. The Bertz CT molecular complexity index is 3990. The molecule has 350 valence electrons. The number of nitrogens with zero attached hydrogens (tertiary/aromatic N) is 2. The Balaban J connectivity index is 1.05. The molecule has 0 radical (unpaired) electrons. The number of hydrogen-bond acceptors (Lipinski definition) is 4. The van der Waals surface area contributed by atoms with Crippen molar-refractivity contribution in [3.05, 3.63) is 266 Å². The maximum absolute atomic E-state index is 6.78. The molecule has 0 saturated heterocycles. The maximum Gasteiger partial charge on any atom is 0.198 e. The molecule has 2 aliphatic heterocycles. The van der Waals surface area contributed by atoms with E-state index in [4.69, 9.17) is 4.42 Å². The van der Waals surface area contributed by atoms with Crippen LogP contribution in [0.1, 0.15) is 25.0 Å². The van der Waals surface area contributed by atoms with Crippen LogP contribution >= 0.6 is 0 Å². The zero-order chi connectivity index (χ0) is 49.3. The number of para-hydroxylation sites is 3. The van der Waals surface area contributed by atoms with Crippen LogP contribution in [0.2, 0.25) is 0 Å². The molecular weight excluding hydrogens is 898 g/mol. The Hall–Kier alpha value is -9.32. The quantitative estimate of drug-likeness (QED) is 0.146. The van der Waals surface area contributed by atoms with Gasteiger partial charge < -0.3 is 19.5 Å². The molecule has 1 N–H and O–H groups in total. The van der Waals surface area contributed by atoms with Crippen molar-refractivity contribution >= 4 is 85.6 Å². The summed E-state index contributed by atoms with van der Waals surface area (Å²) in [5.74, 6) is 0. The molecule has 4 nitrogen and oxygen atoms in total. The molecular formula is C69H50BN3O. The summed E-state index contributed by atoms with van der Waals surface area (Å²) < 4.78 is 6.78. The van der Waals surface area contributed by atoms with Crippen molar-refractivity contribution in [1.29, 1.82) is 0 Å². The summed E-state index contributed by atoms with van der Waals surface area (Å²) in [7, 11) is 0.748. The topological polar surface area (TPSA) is 31.6 Å². The van der Waals surface area contributed by atoms with Crippen molar-refractivity contribution in [2.45, 2.75) is 19.3 Å². The highest BCUT2D eigenvalue weighted by molar-refractivity contribution is 6.73. The zero-order valence-corrected chi connectivity index (χ0v) is 41.3. The first-order valence-electron chi connectivity index (χ1n) is 25.6. The molecule has 0 unspecified atom stereocenters. The minimum absolute atomic E-state index is 0.210. The van der Waals surface area contributed by atoms with Crippen LogP contribution in [-0.4, -0.2) is 7.28 Å². The van der Waals surface area contributed by atoms with Gasteiger partial charge in [0.15, 0.2) is 7.28 Å². The van der Waals surface area contributed by atoms with Crippen molar-refractivity contribution in [3.63, 3.8) is 0 Å². The van der Waals surface area contributed by atoms with E-state index in [9.17, 15) is 0 Å². The van der Waals surface area contributed by atoms with Gasteiger partial charge in [0.1, 0.15) is 11.2 Å². The second-order valence-electron chi connectivity index (χ2n) is 20.1. The van der Waals surface area contributed by atoms with Crippen molar-refractivity contribution < 1.29 is 4.42 Å². The number of nitrogens with one attached hydrogen (secondary N) is 1. The SMILES string of the molecule is CC1(C)c2ccccc2N2c3cc(N(c4ccc(-c5ccccc5)cc4)c4ccc(-c5ccccc5)cc4)cc(-c4c(Nc5ccc(-c6ccccc6)cc5)ccc5oc6ccccc6c45)c3Bc3cccc1c32. The predicted molar refractivity (Wildman–Crippen MR) is 313 cm³/mol. The number of furan rings is 1. The largest absolute Gasteiger partial charge is 0.456 e. The number of benzene rings is 11. The fraction of sp³-hybridized carbons (Fsp3) is 0.0435. The van der Waals surface area contributed by atoms with E-state index in [0.717, 1.165) is 74.5 Å². The molecule has 1 aromatic heterocycles. The molecule has 12 aromatic rings. The lowest BCUT2D eigenvalue weighted by Gasteiger charge is -2.46. The molecule has 0 aliphatic carbocycles. The van der Waals surface area contributed by atoms with Gasteiger partial charge in [0, 0.05) is 61.6 Å². The van der Waals surface area contributed by atoms with Crippen LogP contribution in [0.25, 0.3) is 66.4 Å². The average Bonchev–Trinajstić information content (AvgIpc) is 3.84. The van der Waals surface area contributed by atoms with Crippen LogP contribution < -0.4 is 26.0 Å². The van der Waals surface area contributed by atoms with E-state index in [1.807, 2.05) is 0 Å². The molecule has 0 amide bonds. The molecule has 0 saturated carbocycles. The summed E-state index contributed by atoms with van der Waals surface area (Å²) in [6.07, 6.45) is 0. The number of hydrogen-bond donors (Lipinski definition) is 1. The van der Waals surface area contributed by atoms with Gasteiger partial charge in [0.05, 0.1) is 5.69 Å². The van der Waals surface area contributed by atoms with Crippen LogP contribution in [0, 0.1) is 0 Å². The van der Waals surface area contributed by atoms with Gasteiger partial charge in [-0.15, -0.1) is 0 Å². The molecule has 0 fully saturated rings. The van der Waals surface area contributed by atoms with Crippen LogP contribution in [0.15, 0.2) is 259 Å². The van der Waals surface area contributed by atoms with Crippen molar-refractivity contribution in [1.82, 2.24) is 0 Å². The van der Waals surface area contributed by atoms with Gasteiger partial charge in [-0.25, -0.2) is 0 Å². The molecule has 2 aliphatic rings. The van der Waals surface area contributed by atoms with Crippen LogP contribution in [-0.2, 0) is 5.41 Å². The second-order valence-corrected chi connectivity index (χ2v) is 20.1. The minimum Gasteiger partial charge on any atom is -0.456 e. The Kier molecular flexibility index (Phi) is 10.3. The third kappa shape index (κ3) is 7.23. The predicted octanol–water partition coefficient (Wildman–Crippen LogP) is 17.3. The maximum atomic E-state index is 6.78. The van der Waals surface area contributed by atoms with E-state index in [2.05, 4.69) is 284 Å². The highest BCUT2D eigenvalue weighted by Gasteiger charge is 2.41. The van der Waals surface area contributed by atoms with E-state index in [0.29, 0.717) is 0 Å². The lowest BCUT2D eigenvalue weighted by molar-refractivity contribution is 0.632. The van der Waals surface area contributed by atoms with E-state index in [1.54, 1.807) is 0 Å². The summed E-state index contributed by atoms with van der Waals surface area (Å²) in [6, 6.07) is 92.5. The summed E-state index contributed by atoms with van der Waals surface area (Å²) in [6.45, 7) is 4.76. The molecule has 5 heteroatoms. The standard InChI is InChI=1S/C69H50BN3O/c1-69(2)57-24-13-14-27-61(57)73-62-44-54(72(52-37-31-49(32-38-52)46-19-8-4-9-20-46)53-39-33-50(34-40-53)47-21-10-5-11-22-47)43-56(67(62)70-59-26-16-25-58(69)68(59)73)65-60(41-42-64-66(65)55-23-12-15-28-63(55)74-64)71-51-35-29-48(30-36-51)45-17-6-3-7-18-45/h3-44,70-71H,1-2H3. The van der Waals surface area contributed by atoms with Gasteiger partial charge in [-0.2, -0.15) is 0 Å². The van der Waals surface area contributed by atoms with E-state index in [-0.39, 0.29) is 5.41 Å². The highest BCUT2D eigenvalue weighted by atomic mass is 16.3. The summed E-state index contributed by atoms with van der Waals surface area (Å²) in [5.41, 5.74) is 24.8. The summed E-state index contributed by atoms with van der Waals surface area (Å²) in [5, 5.41) is 6.14. The second kappa shape index (κ2) is 17.5. The van der Waals surface area contributed by atoms with Gasteiger partial charge in [0.25, 0.3) is 0 Å². The van der Waals surface area contributed by atoms with Gasteiger partial charge in [0.2, 0.25) is 0 Å². The third-order valence-corrected chi connectivity index (χ3v) is 15.5. The average molecular weight is 948 g/mol. The Labute approximate surface area is 432 Å². The van der Waals surface area contributed by atoms with Crippen LogP contribution in [0.5, 0.6) is 0 Å². The van der Waals surface area contributed by atoms with Gasteiger partial charge >= 0.3 is 0 Å². The minimum atomic E-state index is -0.210. The summed E-state index contributed by atoms with van der Waals surface area (Å²) >= 11 is 0. The molecule has 11 aromatic carbocycles. The third-order valence-electron chi connectivity index (χ3n) is 15.5. The first-order chi connectivity index (χ1) is 36.4. The molecule has 0 atom stereocenters. The van der Waals surface area contributed by atoms with Gasteiger partial charge in [-0.3, -0.25) is 0 Å². The first kappa shape index (κ1) is 43.5. The monoisotopic (exact) mass is 947 g/mol. The van der Waals surface area contributed by atoms with Crippen molar-refractivity contribution in [3.8, 4) is 44.5 Å². The molecule has 14 rings (SSSR count). The number of rotatable bonds is 9. The lowest BCUT2D eigenvalue weighted by atomic mass is 9.56. The Morgan fingerprint density at radius 1 is 0.446 bits per heavy atom. The van der Waals surface area contributed by atoms with Crippen LogP contribution in [0.3, 0.4) is 0 Å². The Morgan fingerprint density at radius 3 is 1.62 bits per heavy atom.